The summed E-state index contributed by atoms with van der Waals surface area (Å²) < 4.78 is 5.46. The number of halogens is 1. The highest BCUT2D eigenvalue weighted by atomic mass is 127. The van der Waals surface area contributed by atoms with Crippen LogP contribution >= 0.6 is 35.3 Å². The number of rotatable bonds is 8. The Morgan fingerprint density at radius 2 is 1.96 bits per heavy atom. The third-order valence-corrected chi connectivity index (χ3v) is 5.57. The number of amides is 1. The molecule has 160 valence electrons. The predicted molar refractivity (Wildman–Crippen MR) is 125 cm³/mol. The minimum atomic E-state index is -0.0769. The van der Waals surface area contributed by atoms with Crippen molar-refractivity contribution in [2.75, 3.05) is 53.0 Å². The smallest absolute Gasteiger partial charge is 0.263 e. The molecule has 0 bridgehead atoms. The molecule has 2 rings (SSSR count). The van der Waals surface area contributed by atoms with E-state index in [9.17, 15) is 4.79 Å². The summed E-state index contributed by atoms with van der Waals surface area (Å²) in [5.74, 6) is 1.21. The number of carbonyl (C=O) groups is 1. The van der Waals surface area contributed by atoms with Crippen LogP contribution in [0.1, 0.15) is 29.2 Å². The van der Waals surface area contributed by atoms with Crippen molar-refractivity contribution in [1.29, 1.82) is 0 Å². The number of aromatic nitrogens is 1. The molecule has 1 saturated heterocycles. The number of aliphatic imine (C=N–C) groups is 1. The summed E-state index contributed by atoms with van der Waals surface area (Å²) in [6.07, 6.45) is 0. The highest BCUT2D eigenvalue weighted by Crippen LogP contribution is 2.12. The Morgan fingerprint density at radius 3 is 2.54 bits per heavy atom. The van der Waals surface area contributed by atoms with Crippen LogP contribution in [0.15, 0.2) is 10.5 Å². The first-order valence-corrected chi connectivity index (χ1v) is 10.4. The molecule has 1 amide bonds. The monoisotopic (exact) mass is 524 g/mol. The molecule has 0 aliphatic carbocycles. The van der Waals surface area contributed by atoms with Gasteiger partial charge in [-0.15, -0.1) is 35.3 Å². The van der Waals surface area contributed by atoms with E-state index in [1.54, 1.807) is 12.6 Å². The molecule has 0 spiro atoms. The van der Waals surface area contributed by atoms with E-state index in [4.69, 9.17) is 4.74 Å². The number of nitrogens with zero attached hydrogens (tertiary/aromatic N) is 3. The molecule has 1 aliphatic rings. The van der Waals surface area contributed by atoms with Crippen LogP contribution in [-0.2, 0) is 4.74 Å². The molecule has 0 aromatic carbocycles. The van der Waals surface area contributed by atoms with Gasteiger partial charge >= 0.3 is 0 Å². The fourth-order valence-corrected chi connectivity index (χ4v) is 3.79. The average molecular weight is 524 g/mol. The van der Waals surface area contributed by atoms with Gasteiger partial charge in [-0.05, 0) is 12.8 Å². The van der Waals surface area contributed by atoms with E-state index in [0.717, 1.165) is 44.5 Å². The third kappa shape index (κ3) is 7.80. The van der Waals surface area contributed by atoms with Crippen LogP contribution in [0, 0.1) is 12.8 Å². The van der Waals surface area contributed by atoms with E-state index in [2.05, 4.69) is 44.7 Å². The van der Waals surface area contributed by atoms with Crippen LogP contribution in [0.4, 0.5) is 0 Å². The lowest BCUT2D eigenvalue weighted by Gasteiger charge is -2.37. The standard InChI is InChI=1S/C18H32N6O2S.HI/c1-13(2)15(24-7-9-26-10-8-24)11-22-18(19-4)21-6-5-20-17(25)16-14(3)23-12-27-16;/h12-13,15H,5-11H2,1-4H3,(H,20,25)(H2,19,21,22);1H. The van der Waals surface area contributed by atoms with Gasteiger partial charge in [0.2, 0.25) is 0 Å². The fourth-order valence-electron chi connectivity index (χ4n) is 3.07. The van der Waals surface area contributed by atoms with Gasteiger partial charge in [-0.25, -0.2) is 4.98 Å². The number of morpholine rings is 1. The predicted octanol–water partition coefficient (Wildman–Crippen LogP) is 1.32. The number of nitrogens with one attached hydrogen (secondary N) is 3. The number of thiazole rings is 1. The molecular weight excluding hydrogens is 491 g/mol. The molecule has 1 aromatic rings. The van der Waals surface area contributed by atoms with Gasteiger partial charge in [0.05, 0.1) is 24.4 Å². The van der Waals surface area contributed by atoms with Crippen LogP contribution in [0.5, 0.6) is 0 Å². The molecule has 1 unspecified atom stereocenters. The number of ether oxygens (including phenoxy) is 1. The summed E-state index contributed by atoms with van der Waals surface area (Å²) in [5.41, 5.74) is 2.46. The SMILES string of the molecule is CN=C(NCCNC(=O)c1scnc1C)NCC(C(C)C)N1CCOCC1.I. The largest absolute Gasteiger partial charge is 0.379 e. The van der Waals surface area contributed by atoms with Crippen molar-refractivity contribution in [1.82, 2.24) is 25.8 Å². The highest BCUT2D eigenvalue weighted by molar-refractivity contribution is 14.0. The molecule has 28 heavy (non-hydrogen) atoms. The Labute approximate surface area is 188 Å². The van der Waals surface area contributed by atoms with Gasteiger partial charge in [-0.3, -0.25) is 14.7 Å². The van der Waals surface area contributed by atoms with Crippen LogP contribution in [0.2, 0.25) is 0 Å². The van der Waals surface area contributed by atoms with E-state index in [1.165, 1.54) is 11.3 Å². The molecule has 3 N–H and O–H groups in total. The highest BCUT2D eigenvalue weighted by Gasteiger charge is 2.23. The van der Waals surface area contributed by atoms with Gasteiger partial charge < -0.3 is 20.7 Å². The van der Waals surface area contributed by atoms with Gasteiger partial charge in [-0.1, -0.05) is 13.8 Å². The molecular formula is C18H33IN6O2S. The van der Waals surface area contributed by atoms with Crippen molar-refractivity contribution in [3.63, 3.8) is 0 Å². The lowest BCUT2D eigenvalue weighted by molar-refractivity contribution is 0.00752. The minimum Gasteiger partial charge on any atom is -0.379 e. The first-order valence-electron chi connectivity index (χ1n) is 9.47. The summed E-state index contributed by atoms with van der Waals surface area (Å²) in [6, 6.07) is 0.432. The molecule has 1 aliphatic heterocycles. The van der Waals surface area contributed by atoms with Crippen molar-refractivity contribution in [2.24, 2.45) is 10.9 Å². The van der Waals surface area contributed by atoms with E-state index in [0.29, 0.717) is 29.9 Å². The van der Waals surface area contributed by atoms with E-state index < -0.39 is 0 Å². The molecule has 1 fully saturated rings. The van der Waals surface area contributed by atoms with Gasteiger partial charge in [0.15, 0.2) is 5.96 Å². The lowest BCUT2D eigenvalue weighted by atomic mass is 10.0. The normalized spacial score (nSPS) is 16.4. The van der Waals surface area contributed by atoms with Gasteiger partial charge in [0.1, 0.15) is 4.88 Å². The summed E-state index contributed by atoms with van der Waals surface area (Å²) >= 11 is 1.36. The molecule has 1 atom stereocenters. The summed E-state index contributed by atoms with van der Waals surface area (Å²) in [4.78, 5) is 23.6. The van der Waals surface area contributed by atoms with Crippen LogP contribution in [0.25, 0.3) is 0 Å². The lowest BCUT2D eigenvalue weighted by Crippen LogP contribution is -2.53. The zero-order valence-electron chi connectivity index (χ0n) is 17.2. The van der Waals surface area contributed by atoms with E-state index in [-0.39, 0.29) is 29.9 Å². The van der Waals surface area contributed by atoms with Crippen molar-refractivity contribution < 1.29 is 9.53 Å². The molecule has 2 heterocycles. The van der Waals surface area contributed by atoms with Gasteiger partial charge in [0, 0.05) is 45.8 Å². The zero-order valence-corrected chi connectivity index (χ0v) is 20.3. The number of carbonyl (C=O) groups excluding carboxylic acids is 1. The van der Waals surface area contributed by atoms with Crippen molar-refractivity contribution in [3.8, 4) is 0 Å². The van der Waals surface area contributed by atoms with E-state index in [1.807, 2.05) is 6.92 Å². The number of hydrogen-bond donors (Lipinski definition) is 3. The quantitative estimate of drug-likeness (QED) is 0.206. The Morgan fingerprint density at radius 1 is 1.29 bits per heavy atom. The maximum absolute atomic E-state index is 12.1. The Hall–Kier alpha value is -0.980. The molecule has 1 aromatic heterocycles. The number of hydrogen-bond acceptors (Lipinski definition) is 6. The third-order valence-electron chi connectivity index (χ3n) is 4.64. The molecule has 8 nitrogen and oxygen atoms in total. The molecule has 0 saturated carbocycles. The van der Waals surface area contributed by atoms with Gasteiger partial charge in [-0.2, -0.15) is 0 Å². The van der Waals surface area contributed by atoms with Crippen LogP contribution < -0.4 is 16.0 Å². The Balaban J connectivity index is 0.00000392. The first kappa shape index (κ1) is 25.1. The first-order chi connectivity index (χ1) is 13.0. The topological polar surface area (TPSA) is 90.9 Å². The zero-order chi connectivity index (χ0) is 19.6. The number of guanidine groups is 1. The summed E-state index contributed by atoms with van der Waals surface area (Å²) in [5, 5.41) is 9.56. The van der Waals surface area contributed by atoms with Crippen molar-refractivity contribution in [3.05, 3.63) is 16.1 Å². The second kappa shape index (κ2) is 13.3. The van der Waals surface area contributed by atoms with Crippen LogP contribution in [-0.4, -0.2) is 80.8 Å². The second-order valence-electron chi connectivity index (χ2n) is 6.86. The van der Waals surface area contributed by atoms with Crippen molar-refractivity contribution >= 4 is 47.2 Å². The van der Waals surface area contributed by atoms with Crippen LogP contribution in [0.3, 0.4) is 0 Å². The number of aryl methyl sites for hydroxylation is 1. The Kier molecular flexibility index (Phi) is 11.9. The summed E-state index contributed by atoms with van der Waals surface area (Å²) in [7, 11) is 1.76. The van der Waals surface area contributed by atoms with Gasteiger partial charge in [0.25, 0.3) is 5.91 Å². The average Bonchev–Trinajstić information content (AvgIpc) is 3.10. The maximum Gasteiger partial charge on any atom is 0.263 e. The molecule has 0 radical (unpaired) electrons. The van der Waals surface area contributed by atoms with Crippen molar-refractivity contribution in [2.45, 2.75) is 26.8 Å². The Bertz CT molecular complexity index is 619. The maximum atomic E-state index is 12.1. The molecule has 10 heteroatoms. The van der Waals surface area contributed by atoms with E-state index >= 15 is 0 Å². The minimum absolute atomic E-state index is 0. The fraction of sp³-hybridized carbons (Fsp3) is 0.722. The second-order valence-corrected chi connectivity index (χ2v) is 7.72. The summed E-state index contributed by atoms with van der Waals surface area (Å²) in [6.45, 7) is 11.8.